The molecule has 5 heteroatoms. The number of morpholine rings is 1. The molecule has 16 heavy (non-hydrogen) atoms. The molecule has 0 aromatic heterocycles. The van der Waals surface area contributed by atoms with Crippen LogP contribution in [0, 0.1) is 0 Å². The second-order valence-electron chi connectivity index (χ2n) is 4.04. The smallest absolute Gasteiger partial charge is 0.308 e. The third-order valence-electron chi connectivity index (χ3n) is 2.20. The number of hydrogen-bond acceptors (Lipinski definition) is 5. The van der Waals surface area contributed by atoms with Crippen molar-refractivity contribution in [2.75, 3.05) is 32.9 Å². The minimum absolute atomic E-state index is 0.0488. The number of esters is 1. The number of carbonyl (C=O) groups is 1. The topological polar surface area (TPSA) is 56.8 Å². The molecule has 0 bridgehead atoms. The zero-order chi connectivity index (χ0) is 11.8. The zero-order valence-electron chi connectivity index (χ0n) is 10.0. The standard InChI is InChI=1S/C11H21NO4/c1-9(2)14-5-6-16-11(13)7-10-8-12-3-4-15-10/h9-10,12H,3-8H2,1-2H3. The van der Waals surface area contributed by atoms with Crippen LogP contribution in [0.25, 0.3) is 0 Å². The summed E-state index contributed by atoms with van der Waals surface area (Å²) in [4.78, 5) is 11.4. The van der Waals surface area contributed by atoms with Crippen LogP contribution in [-0.2, 0) is 19.0 Å². The van der Waals surface area contributed by atoms with Gasteiger partial charge in [-0.1, -0.05) is 0 Å². The van der Waals surface area contributed by atoms with Crippen molar-refractivity contribution in [2.24, 2.45) is 0 Å². The molecule has 1 N–H and O–H groups in total. The van der Waals surface area contributed by atoms with Gasteiger partial charge in [0.05, 0.1) is 31.8 Å². The van der Waals surface area contributed by atoms with Gasteiger partial charge in [0.25, 0.3) is 0 Å². The van der Waals surface area contributed by atoms with Gasteiger partial charge in [0.15, 0.2) is 0 Å². The highest BCUT2D eigenvalue weighted by Crippen LogP contribution is 2.02. The van der Waals surface area contributed by atoms with E-state index in [9.17, 15) is 4.79 Å². The van der Waals surface area contributed by atoms with E-state index in [4.69, 9.17) is 14.2 Å². The van der Waals surface area contributed by atoms with E-state index in [0.717, 1.165) is 13.1 Å². The molecule has 94 valence electrons. The normalized spacial score (nSPS) is 21.1. The van der Waals surface area contributed by atoms with Crippen molar-refractivity contribution in [3.05, 3.63) is 0 Å². The second-order valence-corrected chi connectivity index (χ2v) is 4.04. The van der Waals surface area contributed by atoms with Crippen LogP contribution in [0.1, 0.15) is 20.3 Å². The van der Waals surface area contributed by atoms with E-state index in [1.807, 2.05) is 13.8 Å². The summed E-state index contributed by atoms with van der Waals surface area (Å²) in [5.41, 5.74) is 0. The number of ether oxygens (including phenoxy) is 3. The Balaban J connectivity index is 2.01. The van der Waals surface area contributed by atoms with Crippen LogP contribution in [0.4, 0.5) is 0 Å². The molecule has 0 aliphatic carbocycles. The van der Waals surface area contributed by atoms with Crippen molar-refractivity contribution in [1.29, 1.82) is 0 Å². The molecule has 1 fully saturated rings. The third kappa shape index (κ3) is 6.05. The van der Waals surface area contributed by atoms with Crippen molar-refractivity contribution < 1.29 is 19.0 Å². The zero-order valence-corrected chi connectivity index (χ0v) is 10.0. The lowest BCUT2D eigenvalue weighted by Gasteiger charge is -2.22. The summed E-state index contributed by atoms with van der Waals surface area (Å²) < 4.78 is 15.7. The first-order valence-electron chi connectivity index (χ1n) is 5.78. The molecule has 0 radical (unpaired) electrons. The summed E-state index contributed by atoms with van der Waals surface area (Å²) in [6, 6.07) is 0. The first kappa shape index (κ1) is 13.4. The molecular formula is C11H21NO4. The molecule has 0 amide bonds. The largest absolute Gasteiger partial charge is 0.463 e. The lowest BCUT2D eigenvalue weighted by atomic mass is 10.2. The van der Waals surface area contributed by atoms with E-state index in [-0.39, 0.29) is 18.2 Å². The number of hydrogen-bond donors (Lipinski definition) is 1. The van der Waals surface area contributed by atoms with E-state index >= 15 is 0 Å². The van der Waals surface area contributed by atoms with E-state index in [0.29, 0.717) is 26.2 Å². The first-order chi connectivity index (χ1) is 7.68. The summed E-state index contributed by atoms with van der Waals surface area (Å²) in [5.74, 6) is -0.221. The van der Waals surface area contributed by atoms with Crippen molar-refractivity contribution >= 4 is 5.97 Å². The predicted octanol–water partition coefficient (Wildman–Crippen LogP) is 0.333. The Morgan fingerprint density at radius 2 is 2.31 bits per heavy atom. The van der Waals surface area contributed by atoms with Gasteiger partial charge >= 0.3 is 5.97 Å². The maximum atomic E-state index is 11.4. The van der Waals surface area contributed by atoms with Gasteiger partial charge < -0.3 is 19.5 Å². The molecule has 0 aromatic carbocycles. The van der Waals surface area contributed by atoms with Crippen LogP contribution in [0.5, 0.6) is 0 Å². The van der Waals surface area contributed by atoms with Gasteiger partial charge in [-0.15, -0.1) is 0 Å². The molecule has 0 aromatic rings. The summed E-state index contributed by atoms with van der Waals surface area (Å²) in [6.07, 6.45) is 0.436. The SMILES string of the molecule is CC(C)OCCOC(=O)CC1CNCCO1. The molecule has 0 saturated carbocycles. The van der Waals surface area contributed by atoms with Crippen LogP contribution in [-0.4, -0.2) is 51.1 Å². The average molecular weight is 231 g/mol. The second kappa shape index (κ2) is 7.60. The van der Waals surface area contributed by atoms with E-state index in [1.165, 1.54) is 0 Å². The fraction of sp³-hybridized carbons (Fsp3) is 0.909. The highest BCUT2D eigenvalue weighted by atomic mass is 16.6. The Labute approximate surface area is 96.4 Å². The van der Waals surface area contributed by atoms with Crippen LogP contribution in [0.2, 0.25) is 0 Å². The van der Waals surface area contributed by atoms with Gasteiger partial charge in [-0.2, -0.15) is 0 Å². The summed E-state index contributed by atoms with van der Waals surface area (Å²) in [7, 11) is 0. The molecule has 5 nitrogen and oxygen atoms in total. The maximum absolute atomic E-state index is 11.4. The number of nitrogens with one attached hydrogen (secondary N) is 1. The minimum atomic E-state index is -0.221. The monoisotopic (exact) mass is 231 g/mol. The van der Waals surface area contributed by atoms with E-state index < -0.39 is 0 Å². The van der Waals surface area contributed by atoms with Gasteiger partial charge in [0, 0.05) is 13.1 Å². The van der Waals surface area contributed by atoms with Crippen molar-refractivity contribution in [2.45, 2.75) is 32.5 Å². The Bertz CT molecular complexity index is 202. The molecule has 1 aliphatic heterocycles. The number of carbonyl (C=O) groups excluding carboxylic acids is 1. The average Bonchev–Trinajstić information content (AvgIpc) is 2.25. The fourth-order valence-corrected chi connectivity index (χ4v) is 1.43. The van der Waals surface area contributed by atoms with Crippen LogP contribution in [0.3, 0.4) is 0 Å². The van der Waals surface area contributed by atoms with Crippen LogP contribution in [0.15, 0.2) is 0 Å². The van der Waals surface area contributed by atoms with Crippen molar-refractivity contribution in [3.63, 3.8) is 0 Å². The van der Waals surface area contributed by atoms with E-state index in [2.05, 4.69) is 5.32 Å². The molecule has 1 heterocycles. The van der Waals surface area contributed by atoms with Crippen LogP contribution >= 0.6 is 0 Å². The molecule has 1 rings (SSSR count). The highest BCUT2D eigenvalue weighted by molar-refractivity contribution is 5.70. The molecule has 1 unspecified atom stereocenters. The third-order valence-corrected chi connectivity index (χ3v) is 2.20. The maximum Gasteiger partial charge on any atom is 0.308 e. The molecule has 1 aliphatic rings. The van der Waals surface area contributed by atoms with Gasteiger partial charge in [0.1, 0.15) is 6.61 Å². The number of rotatable bonds is 6. The van der Waals surface area contributed by atoms with Gasteiger partial charge in [-0.05, 0) is 13.8 Å². The quantitative estimate of drug-likeness (QED) is 0.527. The van der Waals surface area contributed by atoms with Crippen LogP contribution < -0.4 is 5.32 Å². The van der Waals surface area contributed by atoms with E-state index in [1.54, 1.807) is 0 Å². The molecule has 1 saturated heterocycles. The summed E-state index contributed by atoms with van der Waals surface area (Å²) in [5, 5.41) is 3.16. The summed E-state index contributed by atoms with van der Waals surface area (Å²) in [6.45, 7) is 6.90. The Hall–Kier alpha value is -0.650. The molecule has 0 spiro atoms. The van der Waals surface area contributed by atoms with Crippen molar-refractivity contribution in [3.8, 4) is 0 Å². The lowest BCUT2D eigenvalue weighted by Crippen LogP contribution is -2.39. The Kier molecular flexibility index (Phi) is 6.37. The summed E-state index contributed by atoms with van der Waals surface area (Å²) >= 11 is 0. The Morgan fingerprint density at radius 1 is 1.50 bits per heavy atom. The first-order valence-corrected chi connectivity index (χ1v) is 5.78. The Morgan fingerprint density at radius 3 is 2.94 bits per heavy atom. The molecular weight excluding hydrogens is 210 g/mol. The predicted molar refractivity (Wildman–Crippen MR) is 59.3 cm³/mol. The van der Waals surface area contributed by atoms with Crippen molar-refractivity contribution in [1.82, 2.24) is 5.32 Å². The van der Waals surface area contributed by atoms with Gasteiger partial charge in [-0.25, -0.2) is 0 Å². The lowest BCUT2D eigenvalue weighted by molar-refractivity contribution is -0.149. The van der Waals surface area contributed by atoms with Gasteiger partial charge in [0.2, 0.25) is 0 Å². The minimum Gasteiger partial charge on any atom is -0.463 e. The molecule has 1 atom stereocenters. The fourth-order valence-electron chi connectivity index (χ4n) is 1.43. The highest BCUT2D eigenvalue weighted by Gasteiger charge is 2.17. The van der Waals surface area contributed by atoms with Gasteiger partial charge in [-0.3, -0.25) is 4.79 Å².